The Morgan fingerprint density at radius 3 is 2.95 bits per heavy atom. The van der Waals surface area contributed by atoms with Gasteiger partial charge in [0.15, 0.2) is 5.13 Å². The van der Waals surface area contributed by atoms with E-state index < -0.39 is 0 Å². The van der Waals surface area contributed by atoms with Crippen molar-refractivity contribution in [3.8, 4) is 5.75 Å². The number of nitrogens with zero attached hydrogens (tertiary/aromatic N) is 2. The first-order valence-corrected chi connectivity index (χ1v) is 7.74. The maximum absolute atomic E-state index is 12.3. The first-order valence-electron chi connectivity index (χ1n) is 6.86. The summed E-state index contributed by atoms with van der Waals surface area (Å²) >= 11 is 1.30. The van der Waals surface area contributed by atoms with Crippen LogP contribution in [0.15, 0.2) is 29.6 Å². The van der Waals surface area contributed by atoms with Crippen LogP contribution in [-0.2, 0) is 6.42 Å². The summed E-state index contributed by atoms with van der Waals surface area (Å²) in [6.07, 6.45) is 0.964. The molecule has 1 fully saturated rings. The summed E-state index contributed by atoms with van der Waals surface area (Å²) in [6, 6.07) is 8.12. The molecule has 21 heavy (non-hydrogen) atoms. The third-order valence-electron chi connectivity index (χ3n) is 4.15. The first-order chi connectivity index (χ1) is 10.2. The molecule has 2 aliphatic heterocycles. The quantitative estimate of drug-likeness (QED) is 0.872. The van der Waals surface area contributed by atoms with Gasteiger partial charge < -0.3 is 15.4 Å². The van der Waals surface area contributed by atoms with Crippen LogP contribution in [0.25, 0.3) is 0 Å². The van der Waals surface area contributed by atoms with Gasteiger partial charge in [0.2, 0.25) is 0 Å². The van der Waals surface area contributed by atoms with Crippen molar-refractivity contribution in [3.63, 3.8) is 0 Å². The predicted octanol–water partition coefficient (Wildman–Crippen LogP) is 1.80. The smallest absolute Gasteiger partial charge is 0.273 e. The van der Waals surface area contributed by atoms with Crippen LogP contribution in [0.4, 0.5) is 5.13 Å². The molecule has 0 saturated carbocycles. The van der Waals surface area contributed by atoms with Gasteiger partial charge in [0.25, 0.3) is 5.91 Å². The van der Waals surface area contributed by atoms with Crippen molar-refractivity contribution >= 4 is 22.4 Å². The highest BCUT2D eigenvalue weighted by molar-refractivity contribution is 7.13. The maximum Gasteiger partial charge on any atom is 0.273 e. The molecule has 2 N–H and O–H groups in total. The molecule has 4 rings (SSSR count). The lowest BCUT2D eigenvalue weighted by molar-refractivity contribution is -0.0293. The van der Waals surface area contributed by atoms with E-state index in [4.69, 9.17) is 10.5 Å². The largest absolute Gasteiger partial charge is 0.493 e. The van der Waals surface area contributed by atoms with E-state index in [0.29, 0.717) is 17.4 Å². The molecule has 2 aromatic rings. The van der Waals surface area contributed by atoms with Crippen LogP contribution in [-0.4, -0.2) is 35.5 Å². The van der Waals surface area contributed by atoms with E-state index in [1.807, 2.05) is 23.1 Å². The minimum Gasteiger partial charge on any atom is -0.493 e. The van der Waals surface area contributed by atoms with Gasteiger partial charge >= 0.3 is 0 Å². The van der Waals surface area contributed by atoms with Gasteiger partial charge in [-0.1, -0.05) is 18.2 Å². The van der Waals surface area contributed by atoms with Crippen LogP contribution >= 0.6 is 11.3 Å². The van der Waals surface area contributed by atoms with Crippen LogP contribution < -0.4 is 10.5 Å². The van der Waals surface area contributed by atoms with Crippen molar-refractivity contribution in [2.75, 3.05) is 25.4 Å². The van der Waals surface area contributed by atoms with Gasteiger partial charge in [-0.15, -0.1) is 11.3 Å². The second-order valence-electron chi connectivity index (χ2n) is 5.81. The Balaban J connectivity index is 1.47. The van der Waals surface area contributed by atoms with Gasteiger partial charge in [0, 0.05) is 23.9 Å². The minimum atomic E-state index is -0.0348. The molecule has 1 aromatic heterocycles. The number of aromatic nitrogens is 1. The number of para-hydroxylation sites is 1. The highest BCUT2D eigenvalue weighted by Gasteiger charge is 2.48. The Labute approximate surface area is 126 Å². The topological polar surface area (TPSA) is 68.5 Å². The molecule has 1 saturated heterocycles. The molecule has 3 heterocycles. The number of nitrogen functional groups attached to an aromatic ring is 1. The Morgan fingerprint density at radius 1 is 1.38 bits per heavy atom. The highest BCUT2D eigenvalue weighted by atomic mass is 32.1. The summed E-state index contributed by atoms with van der Waals surface area (Å²) in [5, 5.41) is 2.15. The van der Waals surface area contributed by atoms with E-state index in [9.17, 15) is 4.79 Å². The second-order valence-corrected chi connectivity index (χ2v) is 6.70. The normalized spacial score (nSPS) is 18.8. The Kier molecular flexibility index (Phi) is 2.68. The number of ether oxygens (including phenoxy) is 1. The fourth-order valence-corrected chi connectivity index (χ4v) is 3.67. The molecule has 2 aliphatic rings. The molecule has 0 radical (unpaired) electrons. The maximum atomic E-state index is 12.3. The van der Waals surface area contributed by atoms with Gasteiger partial charge in [-0.25, -0.2) is 4.98 Å². The van der Waals surface area contributed by atoms with Gasteiger partial charge in [0.1, 0.15) is 11.4 Å². The number of nitrogens with two attached hydrogens (primary N) is 1. The van der Waals surface area contributed by atoms with E-state index >= 15 is 0 Å². The molecule has 1 amide bonds. The van der Waals surface area contributed by atoms with Crippen LogP contribution in [0, 0.1) is 5.41 Å². The van der Waals surface area contributed by atoms with Crippen molar-refractivity contribution in [2.45, 2.75) is 6.42 Å². The SMILES string of the molecule is Nc1nc(C(=O)N2CC3(COc4ccccc4C3)C2)cs1. The first kappa shape index (κ1) is 12.6. The average Bonchev–Trinajstić information content (AvgIpc) is 2.90. The Hall–Kier alpha value is -2.08. The lowest BCUT2D eigenvalue weighted by atomic mass is 9.74. The van der Waals surface area contributed by atoms with Crippen LogP contribution in [0.1, 0.15) is 16.1 Å². The number of likely N-dealkylation sites (tertiary alicyclic amines) is 1. The molecular weight excluding hydrogens is 286 g/mol. The summed E-state index contributed by atoms with van der Waals surface area (Å²) in [6.45, 7) is 2.11. The molecule has 6 heteroatoms. The van der Waals surface area contributed by atoms with E-state index in [0.717, 1.165) is 25.3 Å². The van der Waals surface area contributed by atoms with Gasteiger partial charge in [-0.05, 0) is 18.1 Å². The molecule has 0 bridgehead atoms. The summed E-state index contributed by atoms with van der Waals surface area (Å²) in [7, 11) is 0. The zero-order chi connectivity index (χ0) is 14.4. The number of rotatable bonds is 1. The van der Waals surface area contributed by atoms with E-state index in [1.54, 1.807) is 5.38 Å². The third kappa shape index (κ3) is 2.06. The predicted molar refractivity (Wildman–Crippen MR) is 80.5 cm³/mol. The van der Waals surface area contributed by atoms with Gasteiger partial charge in [0.05, 0.1) is 6.61 Å². The number of benzene rings is 1. The summed E-state index contributed by atoms with van der Waals surface area (Å²) in [4.78, 5) is 18.2. The lowest BCUT2D eigenvalue weighted by Crippen LogP contribution is -2.62. The number of carbonyl (C=O) groups excluding carboxylic acids is 1. The molecule has 0 aliphatic carbocycles. The molecule has 1 aromatic carbocycles. The fourth-order valence-electron chi connectivity index (χ4n) is 3.13. The monoisotopic (exact) mass is 301 g/mol. The summed E-state index contributed by atoms with van der Waals surface area (Å²) in [5.41, 5.74) is 7.32. The van der Waals surface area contributed by atoms with Crippen molar-refractivity contribution in [2.24, 2.45) is 5.41 Å². The zero-order valence-electron chi connectivity index (χ0n) is 11.4. The van der Waals surface area contributed by atoms with E-state index in [1.165, 1.54) is 16.9 Å². The summed E-state index contributed by atoms with van der Waals surface area (Å²) in [5.74, 6) is 0.938. The molecule has 0 atom stereocenters. The van der Waals surface area contributed by atoms with Crippen LogP contribution in [0.3, 0.4) is 0 Å². The molecule has 5 nitrogen and oxygen atoms in total. The standard InChI is InChI=1S/C15H15N3O2S/c16-14-17-11(6-21-14)13(19)18-7-15(8-18)5-10-3-1-2-4-12(10)20-9-15/h1-4,6H,5,7-9H2,(H2,16,17). The zero-order valence-corrected chi connectivity index (χ0v) is 12.2. The lowest BCUT2D eigenvalue weighted by Gasteiger charge is -2.51. The van der Waals surface area contributed by atoms with Gasteiger partial charge in [-0.3, -0.25) is 4.79 Å². The number of amides is 1. The minimum absolute atomic E-state index is 0.0348. The van der Waals surface area contributed by atoms with E-state index in [2.05, 4.69) is 11.1 Å². The van der Waals surface area contributed by atoms with Crippen molar-refractivity contribution in [3.05, 3.63) is 40.9 Å². The fraction of sp³-hybridized carbons (Fsp3) is 0.333. The van der Waals surface area contributed by atoms with Crippen molar-refractivity contribution in [1.82, 2.24) is 9.88 Å². The van der Waals surface area contributed by atoms with Gasteiger partial charge in [-0.2, -0.15) is 0 Å². The highest BCUT2D eigenvalue weighted by Crippen LogP contribution is 2.41. The van der Waals surface area contributed by atoms with Crippen molar-refractivity contribution < 1.29 is 9.53 Å². The number of carbonyl (C=O) groups is 1. The van der Waals surface area contributed by atoms with E-state index in [-0.39, 0.29) is 11.3 Å². The summed E-state index contributed by atoms with van der Waals surface area (Å²) < 4.78 is 5.85. The number of hydrogen-bond acceptors (Lipinski definition) is 5. The average molecular weight is 301 g/mol. The molecule has 1 spiro atoms. The van der Waals surface area contributed by atoms with Crippen LogP contribution in [0.5, 0.6) is 5.75 Å². The van der Waals surface area contributed by atoms with Crippen LogP contribution in [0.2, 0.25) is 0 Å². The second kappa shape index (κ2) is 4.46. The number of hydrogen-bond donors (Lipinski definition) is 1. The Morgan fingerprint density at radius 2 is 2.19 bits per heavy atom. The molecule has 0 unspecified atom stereocenters. The number of fused-ring (bicyclic) bond motifs is 1. The third-order valence-corrected chi connectivity index (χ3v) is 4.83. The molecule has 108 valence electrons. The Bertz CT molecular complexity index is 706. The number of anilines is 1. The number of thiazole rings is 1. The molecular formula is C15H15N3O2S. The van der Waals surface area contributed by atoms with Crippen molar-refractivity contribution in [1.29, 1.82) is 0 Å².